The van der Waals surface area contributed by atoms with Crippen molar-refractivity contribution < 1.29 is 4.74 Å². The summed E-state index contributed by atoms with van der Waals surface area (Å²) in [6, 6.07) is 7.35. The first-order chi connectivity index (χ1) is 9.53. The van der Waals surface area contributed by atoms with Crippen molar-refractivity contribution in [1.82, 2.24) is 0 Å². The highest BCUT2D eigenvalue weighted by molar-refractivity contribution is 5.55. The van der Waals surface area contributed by atoms with E-state index in [1.165, 1.54) is 16.8 Å². The van der Waals surface area contributed by atoms with E-state index < -0.39 is 0 Å². The zero-order valence-corrected chi connectivity index (χ0v) is 13.6. The van der Waals surface area contributed by atoms with Crippen LogP contribution in [0.1, 0.15) is 38.3 Å². The van der Waals surface area contributed by atoms with Crippen LogP contribution >= 0.6 is 0 Å². The number of nitrogens with two attached hydrogens (primary N) is 1. The predicted molar refractivity (Wildman–Crippen MR) is 87.5 cm³/mol. The molecule has 0 heterocycles. The number of nitrogens with zero attached hydrogens (tertiary/aromatic N) is 1. The molecule has 0 radical (unpaired) electrons. The Morgan fingerprint density at radius 2 is 2.00 bits per heavy atom. The summed E-state index contributed by atoms with van der Waals surface area (Å²) in [5.41, 5.74) is 9.98. The number of methoxy groups -OCH3 is 1. The van der Waals surface area contributed by atoms with E-state index in [-0.39, 0.29) is 6.04 Å². The van der Waals surface area contributed by atoms with Gasteiger partial charge in [-0.05, 0) is 50.8 Å². The van der Waals surface area contributed by atoms with E-state index in [0.717, 1.165) is 26.0 Å². The van der Waals surface area contributed by atoms with E-state index in [1.54, 1.807) is 7.11 Å². The third kappa shape index (κ3) is 4.50. The van der Waals surface area contributed by atoms with Crippen LogP contribution < -0.4 is 10.6 Å². The van der Waals surface area contributed by atoms with Crippen LogP contribution in [-0.2, 0) is 11.2 Å². The molecule has 0 aliphatic carbocycles. The van der Waals surface area contributed by atoms with Crippen molar-refractivity contribution in [2.45, 2.75) is 52.6 Å². The Kier molecular flexibility index (Phi) is 7.03. The van der Waals surface area contributed by atoms with Gasteiger partial charge in [0, 0.05) is 31.4 Å². The molecule has 20 heavy (non-hydrogen) atoms. The Morgan fingerprint density at radius 1 is 1.30 bits per heavy atom. The third-order valence-electron chi connectivity index (χ3n) is 3.87. The van der Waals surface area contributed by atoms with Gasteiger partial charge in [0.2, 0.25) is 0 Å². The highest BCUT2D eigenvalue weighted by Crippen LogP contribution is 2.24. The van der Waals surface area contributed by atoms with Crippen LogP contribution in [0.25, 0.3) is 0 Å². The van der Waals surface area contributed by atoms with Crippen molar-refractivity contribution in [2.75, 3.05) is 25.2 Å². The van der Waals surface area contributed by atoms with Gasteiger partial charge in [0.15, 0.2) is 0 Å². The van der Waals surface area contributed by atoms with E-state index in [4.69, 9.17) is 10.5 Å². The average molecular weight is 278 g/mol. The van der Waals surface area contributed by atoms with E-state index in [9.17, 15) is 0 Å². The first-order valence-electron chi connectivity index (χ1n) is 7.64. The van der Waals surface area contributed by atoms with Gasteiger partial charge in [0.05, 0.1) is 6.61 Å². The van der Waals surface area contributed by atoms with Crippen molar-refractivity contribution in [1.29, 1.82) is 0 Å². The molecule has 0 saturated heterocycles. The van der Waals surface area contributed by atoms with Crippen LogP contribution in [-0.4, -0.2) is 32.3 Å². The highest BCUT2D eigenvalue weighted by atomic mass is 16.5. The summed E-state index contributed by atoms with van der Waals surface area (Å²) in [6.45, 7) is 10.4. The van der Waals surface area contributed by atoms with E-state index in [1.807, 2.05) is 0 Å². The Morgan fingerprint density at radius 3 is 2.50 bits per heavy atom. The maximum absolute atomic E-state index is 6.04. The molecule has 2 N–H and O–H groups in total. The molecule has 0 spiro atoms. The summed E-state index contributed by atoms with van der Waals surface area (Å²) in [7, 11) is 1.76. The number of anilines is 1. The lowest BCUT2D eigenvalue weighted by Gasteiger charge is -2.31. The quantitative estimate of drug-likeness (QED) is 0.794. The van der Waals surface area contributed by atoms with Gasteiger partial charge in [-0.25, -0.2) is 0 Å². The fourth-order valence-electron chi connectivity index (χ4n) is 2.66. The van der Waals surface area contributed by atoms with Gasteiger partial charge in [0.25, 0.3) is 0 Å². The van der Waals surface area contributed by atoms with Crippen molar-refractivity contribution >= 4 is 5.69 Å². The van der Waals surface area contributed by atoms with Crippen LogP contribution in [0.15, 0.2) is 18.2 Å². The number of benzene rings is 1. The van der Waals surface area contributed by atoms with Gasteiger partial charge in [-0.15, -0.1) is 0 Å². The molecule has 1 aromatic rings. The Balaban J connectivity index is 2.90. The lowest BCUT2D eigenvalue weighted by atomic mass is 10.0. The Labute approximate surface area is 124 Å². The van der Waals surface area contributed by atoms with Crippen LogP contribution in [0.3, 0.4) is 0 Å². The van der Waals surface area contributed by atoms with Crippen molar-refractivity contribution in [3.63, 3.8) is 0 Å². The van der Waals surface area contributed by atoms with Gasteiger partial charge < -0.3 is 15.4 Å². The second kappa shape index (κ2) is 8.28. The molecule has 0 aliphatic rings. The van der Waals surface area contributed by atoms with E-state index in [0.29, 0.717) is 6.04 Å². The number of rotatable bonds is 8. The van der Waals surface area contributed by atoms with Gasteiger partial charge in [-0.3, -0.25) is 0 Å². The predicted octanol–water partition coefficient (Wildman–Crippen LogP) is 3.14. The standard InChI is InChI=1S/C17H30N2O/c1-6-16(18)11-15-8-9-17(13(3)10-15)19(7-2)14(4)12-20-5/h8-10,14,16H,6-7,11-12,18H2,1-5H3. The Bertz CT molecular complexity index is 406. The summed E-state index contributed by atoms with van der Waals surface area (Å²) in [6.07, 6.45) is 1.98. The molecule has 0 aromatic heterocycles. The first kappa shape index (κ1) is 17.0. The number of hydrogen-bond donors (Lipinski definition) is 1. The molecule has 0 bridgehead atoms. The van der Waals surface area contributed by atoms with Crippen molar-refractivity contribution in [3.05, 3.63) is 29.3 Å². The zero-order valence-electron chi connectivity index (χ0n) is 13.6. The second-order valence-electron chi connectivity index (χ2n) is 5.58. The number of aryl methyl sites for hydroxylation is 1. The maximum Gasteiger partial charge on any atom is 0.0663 e. The van der Waals surface area contributed by atoms with Gasteiger partial charge in [0.1, 0.15) is 0 Å². The molecule has 0 fully saturated rings. The molecule has 3 heteroatoms. The SMILES string of the molecule is CCC(N)Cc1ccc(N(CC)C(C)COC)c(C)c1. The van der Waals surface area contributed by atoms with Crippen LogP contribution in [0.5, 0.6) is 0 Å². The van der Waals surface area contributed by atoms with E-state index in [2.05, 4.69) is 50.8 Å². The van der Waals surface area contributed by atoms with Crippen LogP contribution in [0.2, 0.25) is 0 Å². The topological polar surface area (TPSA) is 38.5 Å². The molecule has 1 rings (SSSR count). The highest BCUT2D eigenvalue weighted by Gasteiger charge is 2.15. The van der Waals surface area contributed by atoms with Crippen molar-refractivity contribution in [2.24, 2.45) is 5.73 Å². The fraction of sp³-hybridized carbons (Fsp3) is 0.647. The molecule has 0 saturated carbocycles. The molecule has 114 valence electrons. The minimum absolute atomic E-state index is 0.259. The molecule has 2 atom stereocenters. The van der Waals surface area contributed by atoms with Crippen LogP contribution in [0.4, 0.5) is 5.69 Å². The fourth-order valence-corrected chi connectivity index (χ4v) is 2.66. The second-order valence-corrected chi connectivity index (χ2v) is 5.58. The molecular weight excluding hydrogens is 248 g/mol. The summed E-state index contributed by atoms with van der Waals surface area (Å²) in [4.78, 5) is 2.39. The van der Waals surface area contributed by atoms with Gasteiger partial charge >= 0.3 is 0 Å². The molecular formula is C17H30N2O. The summed E-state index contributed by atoms with van der Waals surface area (Å²) >= 11 is 0. The summed E-state index contributed by atoms with van der Waals surface area (Å²) < 4.78 is 5.28. The number of likely N-dealkylation sites (N-methyl/N-ethyl adjacent to an activating group) is 1. The maximum atomic E-state index is 6.04. The molecule has 3 nitrogen and oxygen atoms in total. The smallest absolute Gasteiger partial charge is 0.0663 e. The first-order valence-corrected chi connectivity index (χ1v) is 7.64. The Hall–Kier alpha value is -1.06. The largest absolute Gasteiger partial charge is 0.383 e. The lowest BCUT2D eigenvalue weighted by Crippen LogP contribution is -2.36. The average Bonchev–Trinajstić information content (AvgIpc) is 2.42. The lowest BCUT2D eigenvalue weighted by molar-refractivity contribution is 0.182. The summed E-state index contributed by atoms with van der Waals surface area (Å²) in [5, 5.41) is 0. The molecule has 2 unspecified atom stereocenters. The molecule has 0 aliphatic heterocycles. The third-order valence-corrected chi connectivity index (χ3v) is 3.87. The molecule has 0 amide bonds. The zero-order chi connectivity index (χ0) is 15.1. The van der Waals surface area contributed by atoms with Gasteiger partial charge in [-0.2, -0.15) is 0 Å². The van der Waals surface area contributed by atoms with Gasteiger partial charge in [-0.1, -0.05) is 19.1 Å². The van der Waals surface area contributed by atoms with Crippen LogP contribution in [0, 0.1) is 6.92 Å². The van der Waals surface area contributed by atoms with Crippen molar-refractivity contribution in [3.8, 4) is 0 Å². The summed E-state index contributed by atoms with van der Waals surface area (Å²) in [5.74, 6) is 0. The molecule has 1 aromatic carbocycles. The monoisotopic (exact) mass is 278 g/mol. The van der Waals surface area contributed by atoms with E-state index >= 15 is 0 Å². The normalized spacial score (nSPS) is 14.1. The minimum atomic E-state index is 0.259. The number of ether oxygens (including phenoxy) is 1. The minimum Gasteiger partial charge on any atom is -0.383 e. The number of hydrogen-bond acceptors (Lipinski definition) is 3.